The van der Waals surface area contributed by atoms with Gasteiger partial charge in [0.2, 0.25) is 0 Å². The molecule has 0 aliphatic carbocycles. The van der Waals surface area contributed by atoms with E-state index in [2.05, 4.69) is 4.74 Å². The summed E-state index contributed by atoms with van der Waals surface area (Å²) in [6.07, 6.45) is 1.10. The third-order valence-corrected chi connectivity index (χ3v) is 1.10. The number of carbonyl (C=O) groups is 1. The van der Waals surface area contributed by atoms with Crippen molar-refractivity contribution in [1.29, 1.82) is 0 Å². The van der Waals surface area contributed by atoms with Gasteiger partial charge in [0, 0.05) is 7.11 Å². The Kier molecular flexibility index (Phi) is 6.72. The van der Waals surface area contributed by atoms with E-state index < -0.39 is 5.97 Å². The predicted molar refractivity (Wildman–Crippen MR) is 46.7 cm³/mol. The SMILES string of the molecule is CCOC(N)=CC(=O)OCCOC. The molecule has 0 aromatic rings. The van der Waals surface area contributed by atoms with E-state index >= 15 is 0 Å². The van der Waals surface area contributed by atoms with Gasteiger partial charge in [0.05, 0.1) is 19.3 Å². The summed E-state index contributed by atoms with van der Waals surface area (Å²) in [4.78, 5) is 10.9. The molecule has 5 heteroatoms. The third kappa shape index (κ3) is 7.14. The molecule has 0 aromatic carbocycles. The standard InChI is InChI=1S/C8H15NO4/c1-3-12-7(9)6-8(10)13-5-4-11-2/h6H,3-5,9H2,1-2H3. The Morgan fingerprint density at radius 2 is 2.08 bits per heavy atom. The lowest BCUT2D eigenvalue weighted by atomic mass is 10.6. The van der Waals surface area contributed by atoms with Crippen LogP contribution < -0.4 is 5.73 Å². The first-order valence-electron chi connectivity index (χ1n) is 3.96. The predicted octanol–water partition coefficient (Wildman–Crippen LogP) is 0.0126. The molecule has 0 unspecified atom stereocenters. The summed E-state index contributed by atoms with van der Waals surface area (Å²) in [7, 11) is 1.53. The minimum absolute atomic E-state index is 0.0601. The van der Waals surface area contributed by atoms with Gasteiger partial charge >= 0.3 is 5.97 Å². The van der Waals surface area contributed by atoms with Gasteiger partial charge in [-0.05, 0) is 6.92 Å². The summed E-state index contributed by atoms with van der Waals surface area (Å²) < 4.78 is 14.2. The monoisotopic (exact) mass is 189 g/mol. The molecule has 0 rings (SSSR count). The van der Waals surface area contributed by atoms with E-state index in [0.29, 0.717) is 13.2 Å². The van der Waals surface area contributed by atoms with Gasteiger partial charge in [-0.25, -0.2) is 4.79 Å². The molecular weight excluding hydrogens is 174 g/mol. The summed E-state index contributed by atoms with van der Waals surface area (Å²) in [5.74, 6) is -0.465. The van der Waals surface area contributed by atoms with Crippen LogP contribution in [0.25, 0.3) is 0 Å². The van der Waals surface area contributed by atoms with E-state index in [9.17, 15) is 4.79 Å². The molecule has 0 amide bonds. The fourth-order valence-electron chi connectivity index (χ4n) is 0.592. The second-order valence-electron chi connectivity index (χ2n) is 2.14. The highest BCUT2D eigenvalue weighted by atomic mass is 16.6. The first-order valence-corrected chi connectivity index (χ1v) is 3.96. The molecule has 13 heavy (non-hydrogen) atoms. The highest BCUT2D eigenvalue weighted by Crippen LogP contribution is 1.89. The number of rotatable bonds is 6. The molecule has 76 valence electrons. The number of carbonyl (C=O) groups excluding carboxylic acids is 1. The first kappa shape index (κ1) is 11.8. The second kappa shape index (κ2) is 7.42. The Labute approximate surface area is 77.4 Å². The van der Waals surface area contributed by atoms with Gasteiger partial charge < -0.3 is 19.9 Å². The Bertz CT molecular complexity index is 179. The number of ether oxygens (including phenoxy) is 3. The Morgan fingerprint density at radius 3 is 2.62 bits per heavy atom. The van der Waals surface area contributed by atoms with Crippen LogP contribution in [0.1, 0.15) is 6.92 Å². The molecule has 0 atom stereocenters. The largest absolute Gasteiger partial charge is 0.479 e. The topological polar surface area (TPSA) is 70.8 Å². The lowest BCUT2D eigenvalue weighted by molar-refractivity contribution is -0.139. The van der Waals surface area contributed by atoms with Crippen molar-refractivity contribution in [3.63, 3.8) is 0 Å². The maximum absolute atomic E-state index is 10.9. The summed E-state index contributed by atoms with van der Waals surface area (Å²) in [6, 6.07) is 0. The molecule has 0 saturated carbocycles. The molecule has 0 fully saturated rings. The molecule has 0 spiro atoms. The van der Waals surface area contributed by atoms with Crippen molar-refractivity contribution in [2.45, 2.75) is 6.92 Å². The van der Waals surface area contributed by atoms with E-state index in [1.54, 1.807) is 6.92 Å². The van der Waals surface area contributed by atoms with Crippen molar-refractivity contribution in [2.75, 3.05) is 26.9 Å². The lowest BCUT2D eigenvalue weighted by Crippen LogP contribution is -2.11. The Hall–Kier alpha value is -1.23. The van der Waals surface area contributed by atoms with Gasteiger partial charge in [0.15, 0.2) is 5.88 Å². The van der Waals surface area contributed by atoms with E-state index in [0.717, 1.165) is 6.08 Å². The zero-order valence-corrected chi connectivity index (χ0v) is 7.91. The molecule has 0 saturated heterocycles. The van der Waals surface area contributed by atoms with Gasteiger partial charge in [-0.1, -0.05) is 0 Å². The molecule has 0 heterocycles. The summed E-state index contributed by atoms with van der Waals surface area (Å²) in [5.41, 5.74) is 5.30. The number of nitrogens with two attached hydrogens (primary N) is 1. The van der Waals surface area contributed by atoms with E-state index in [-0.39, 0.29) is 12.5 Å². The van der Waals surface area contributed by atoms with Crippen LogP contribution in [0.3, 0.4) is 0 Å². The third-order valence-electron chi connectivity index (χ3n) is 1.10. The van der Waals surface area contributed by atoms with Gasteiger partial charge in [-0.15, -0.1) is 0 Å². The molecule has 5 nitrogen and oxygen atoms in total. The molecule has 0 bridgehead atoms. The fourth-order valence-corrected chi connectivity index (χ4v) is 0.592. The number of hydrogen-bond donors (Lipinski definition) is 1. The molecule has 0 aliphatic heterocycles. The van der Waals surface area contributed by atoms with Crippen LogP contribution in [0.4, 0.5) is 0 Å². The van der Waals surface area contributed by atoms with Crippen LogP contribution in [0.5, 0.6) is 0 Å². The van der Waals surface area contributed by atoms with Crippen LogP contribution >= 0.6 is 0 Å². The molecule has 0 radical (unpaired) electrons. The smallest absolute Gasteiger partial charge is 0.336 e. The summed E-state index contributed by atoms with van der Waals surface area (Å²) in [5, 5.41) is 0. The van der Waals surface area contributed by atoms with E-state index in [1.807, 2.05) is 0 Å². The van der Waals surface area contributed by atoms with Crippen molar-refractivity contribution in [1.82, 2.24) is 0 Å². The maximum atomic E-state index is 10.9. The average molecular weight is 189 g/mol. The highest BCUT2D eigenvalue weighted by molar-refractivity contribution is 5.82. The minimum atomic E-state index is -0.525. The molecular formula is C8H15NO4. The summed E-state index contributed by atoms with van der Waals surface area (Å²) >= 11 is 0. The van der Waals surface area contributed by atoms with Crippen LogP contribution in [0.2, 0.25) is 0 Å². The quantitative estimate of drug-likeness (QED) is 0.276. The normalized spacial score (nSPS) is 11.1. The summed E-state index contributed by atoms with van der Waals surface area (Å²) in [6.45, 7) is 2.78. The number of hydrogen-bond acceptors (Lipinski definition) is 5. The first-order chi connectivity index (χ1) is 6.20. The van der Waals surface area contributed by atoms with Crippen LogP contribution in [0, 0.1) is 0 Å². The number of methoxy groups -OCH3 is 1. The lowest BCUT2D eigenvalue weighted by Gasteiger charge is -2.02. The van der Waals surface area contributed by atoms with Crippen molar-refractivity contribution in [3.8, 4) is 0 Å². The zero-order chi connectivity index (χ0) is 10.1. The Balaban J connectivity index is 3.65. The molecule has 0 aliphatic rings. The van der Waals surface area contributed by atoms with Gasteiger partial charge in [-0.3, -0.25) is 0 Å². The van der Waals surface area contributed by atoms with Crippen LogP contribution in [0.15, 0.2) is 12.0 Å². The van der Waals surface area contributed by atoms with E-state index in [1.165, 1.54) is 7.11 Å². The fraction of sp³-hybridized carbons (Fsp3) is 0.625. The average Bonchev–Trinajstić information content (AvgIpc) is 2.05. The van der Waals surface area contributed by atoms with Crippen molar-refractivity contribution >= 4 is 5.97 Å². The van der Waals surface area contributed by atoms with Crippen molar-refractivity contribution < 1.29 is 19.0 Å². The zero-order valence-electron chi connectivity index (χ0n) is 7.91. The van der Waals surface area contributed by atoms with E-state index in [4.69, 9.17) is 15.2 Å². The van der Waals surface area contributed by atoms with Gasteiger partial charge in [0.25, 0.3) is 0 Å². The minimum Gasteiger partial charge on any atom is -0.479 e. The maximum Gasteiger partial charge on any atom is 0.336 e. The Morgan fingerprint density at radius 1 is 1.38 bits per heavy atom. The van der Waals surface area contributed by atoms with Crippen LogP contribution in [-0.2, 0) is 19.0 Å². The van der Waals surface area contributed by atoms with Crippen molar-refractivity contribution in [2.24, 2.45) is 5.73 Å². The van der Waals surface area contributed by atoms with Gasteiger partial charge in [-0.2, -0.15) is 0 Å². The molecule has 2 N–H and O–H groups in total. The van der Waals surface area contributed by atoms with Crippen LogP contribution in [-0.4, -0.2) is 32.9 Å². The number of esters is 1. The van der Waals surface area contributed by atoms with Crippen molar-refractivity contribution in [3.05, 3.63) is 12.0 Å². The molecule has 0 aromatic heterocycles. The highest BCUT2D eigenvalue weighted by Gasteiger charge is 1.99. The van der Waals surface area contributed by atoms with Gasteiger partial charge in [0.1, 0.15) is 6.61 Å². The second-order valence-corrected chi connectivity index (χ2v) is 2.14.